The molecule has 19 heavy (non-hydrogen) atoms. The van der Waals surface area contributed by atoms with Crippen LogP contribution in [-0.2, 0) is 6.54 Å². The number of hydrogen-bond acceptors (Lipinski definition) is 3. The van der Waals surface area contributed by atoms with Crippen LogP contribution in [0.5, 0.6) is 0 Å². The highest BCUT2D eigenvalue weighted by atomic mass is 19.1. The summed E-state index contributed by atoms with van der Waals surface area (Å²) in [6.45, 7) is 0.292. The van der Waals surface area contributed by atoms with E-state index in [-0.39, 0.29) is 17.4 Å². The number of carbonyl (C=O) groups is 1. The van der Waals surface area contributed by atoms with Crippen LogP contribution in [0.15, 0.2) is 42.6 Å². The Morgan fingerprint density at radius 1 is 1.26 bits per heavy atom. The van der Waals surface area contributed by atoms with Crippen molar-refractivity contribution >= 4 is 5.91 Å². The number of hydrogen-bond donors (Lipinski definition) is 1. The molecular formula is C14H10FN3O. The second kappa shape index (κ2) is 5.74. The lowest BCUT2D eigenvalue weighted by molar-refractivity contribution is 0.0946. The molecule has 0 spiro atoms. The molecule has 0 aliphatic heterocycles. The third-order valence-electron chi connectivity index (χ3n) is 2.49. The van der Waals surface area contributed by atoms with Crippen LogP contribution >= 0.6 is 0 Å². The second-order valence-corrected chi connectivity index (χ2v) is 3.85. The Balaban J connectivity index is 1.97. The van der Waals surface area contributed by atoms with Crippen molar-refractivity contribution in [1.82, 2.24) is 10.3 Å². The average molecular weight is 255 g/mol. The van der Waals surface area contributed by atoms with E-state index < -0.39 is 0 Å². The Bertz CT molecular complexity index is 615. The van der Waals surface area contributed by atoms with Gasteiger partial charge in [-0.3, -0.25) is 4.79 Å². The highest BCUT2D eigenvalue weighted by Crippen LogP contribution is 2.03. The van der Waals surface area contributed by atoms with Gasteiger partial charge in [0.25, 0.3) is 5.91 Å². The monoisotopic (exact) mass is 255 g/mol. The fourth-order valence-electron chi connectivity index (χ4n) is 1.47. The number of carbonyl (C=O) groups excluding carboxylic acids is 1. The fourth-order valence-corrected chi connectivity index (χ4v) is 1.47. The maximum atomic E-state index is 12.7. The topological polar surface area (TPSA) is 65.8 Å². The van der Waals surface area contributed by atoms with Gasteiger partial charge in [-0.05, 0) is 29.8 Å². The van der Waals surface area contributed by atoms with Gasteiger partial charge < -0.3 is 5.32 Å². The fraction of sp³-hybridized carbons (Fsp3) is 0.0714. The SMILES string of the molecule is N#Cc1ccc(C(=O)NCc2ccc(F)cc2)nc1. The number of pyridine rings is 1. The molecule has 0 aliphatic carbocycles. The van der Waals surface area contributed by atoms with E-state index in [1.807, 2.05) is 6.07 Å². The lowest BCUT2D eigenvalue weighted by Gasteiger charge is -2.04. The number of amides is 1. The van der Waals surface area contributed by atoms with Gasteiger partial charge in [-0.1, -0.05) is 12.1 Å². The molecule has 1 aromatic carbocycles. The van der Waals surface area contributed by atoms with Gasteiger partial charge in [0, 0.05) is 12.7 Å². The predicted octanol–water partition coefficient (Wildman–Crippen LogP) is 2.02. The molecule has 1 heterocycles. The summed E-state index contributed by atoms with van der Waals surface area (Å²) in [5.41, 5.74) is 1.43. The summed E-state index contributed by atoms with van der Waals surface area (Å²) in [6, 6.07) is 10.8. The van der Waals surface area contributed by atoms with Gasteiger partial charge in [-0.25, -0.2) is 9.37 Å². The molecule has 5 heteroatoms. The van der Waals surface area contributed by atoms with Crippen LogP contribution in [0.4, 0.5) is 4.39 Å². The van der Waals surface area contributed by atoms with Crippen molar-refractivity contribution in [3.05, 3.63) is 65.2 Å². The second-order valence-electron chi connectivity index (χ2n) is 3.85. The van der Waals surface area contributed by atoms with E-state index in [1.165, 1.54) is 30.5 Å². The molecule has 0 saturated carbocycles. The molecule has 0 atom stereocenters. The average Bonchev–Trinajstić information content (AvgIpc) is 2.46. The van der Waals surface area contributed by atoms with E-state index in [0.717, 1.165) is 5.56 Å². The Morgan fingerprint density at radius 3 is 2.58 bits per heavy atom. The number of nitrogens with zero attached hydrogens (tertiary/aromatic N) is 2. The minimum atomic E-state index is -0.339. The Hall–Kier alpha value is -2.74. The molecule has 1 N–H and O–H groups in total. The molecule has 0 fully saturated rings. The number of halogens is 1. The van der Waals surface area contributed by atoms with Gasteiger partial charge in [0.1, 0.15) is 17.6 Å². The van der Waals surface area contributed by atoms with Crippen LogP contribution in [0.3, 0.4) is 0 Å². The molecule has 0 aliphatic rings. The lowest BCUT2D eigenvalue weighted by atomic mass is 10.2. The minimum absolute atomic E-state index is 0.237. The van der Waals surface area contributed by atoms with Gasteiger partial charge in [0.05, 0.1) is 5.56 Å². The first kappa shape index (κ1) is 12.7. The third-order valence-corrected chi connectivity index (χ3v) is 2.49. The molecule has 0 unspecified atom stereocenters. The standard InChI is InChI=1S/C14H10FN3O/c15-12-4-1-10(2-5-12)8-18-14(19)13-6-3-11(7-16)9-17-13/h1-6,9H,8H2,(H,18,19). The molecule has 1 amide bonds. The summed E-state index contributed by atoms with van der Waals surface area (Å²) < 4.78 is 12.7. The summed E-state index contributed by atoms with van der Waals surface area (Å²) in [4.78, 5) is 15.6. The first-order valence-corrected chi connectivity index (χ1v) is 5.58. The molecule has 94 valence electrons. The summed E-state index contributed by atoms with van der Waals surface area (Å²) >= 11 is 0. The molecule has 1 aromatic heterocycles. The third kappa shape index (κ3) is 3.36. The summed E-state index contributed by atoms with van der Waals surface area (Å²) in [5.74, 6) is -0.655. The summed E-state index contributed by atoms with van der Waals surface area (Å²) in [6.07, 6.45) is 1.34. The van der Waals surface area contributed by atoms with E-state index in [2.05, 4.69) is 10.3 Å². The van der Waals surface area contributed by atoms with Crippen molar-refractivity contribution in [1.29, 1.82) is 5.26 Å². The minimum Gasteiger partial charge on any atom is -0.347 e. The van der Waals surface area contributed by atoms with Crippen LogP contribution in [0.1, 0.15) is 21.6 Å². The number of aromatic nitrogens is 1. The Labute approximate surface area is 109 Å². The number of benzene rings is 1. The normalized spacial score (nSPS) is 9.68. The summed E-state index contributed by atoms with van der Waals surface area (Å²) in [7, 11) is 0. The number of rotatable bonds is 3. The van der Waals surface area contributed by atoms with Crippen molar-refractivity contribution in [3.8, 4) is 6.07 Å². The molecule has 0 radical (unpaired) electrons. The largest absolute Gasteiger partial charge is 0.347 e. The molecule has 0 saturated heterocycles. The number of nitriles is 1. The van der Waals surface area contributed by atoms with Crippen LogP contribution < -0.4 is 5.32 Å². The van der Waals surface area contributed by atoms with Crippen LogP contribution in [0.25, 0.3) is 0 Å². The van der Waals surface area contributed by atoms with Crippen molar-refractivity contribution in [2.45, 2.75) is 6.54 Å². The molecule has 2 aromatic rings. The zero-order valence-electron chi connectivity index (χ0n) is 9.93. The maximum absolute atomic E-state index is 12.7. The first-order valence-electron chi connectivity index (χ1n) is 5.58. The van der Waals surface area contributed by atoms with Crippen LogP contribution in [0.2, 0.25) is 0 Å². The molecular weight excluding hydrogens is 245 g/mol. The highest BCUT2D eigenvalue weighted by Gasteiger charge is 2.06. The summed E-state index contributed by atoms with van der Waals surface area (Å²) in [5, 5.41) is 11.3. The van der Waals surface area contributed by atoms with Gasteiger partial charge in [-0.15, -0.1) is 0 Å². The van der Waals surface area contributed by atoms with Gasteiger partial charge in [0.2, 0.25) is 0 Å². The molecule has 4 nitrogen and oxygen atoms in total. The van der Waals surface area contributed by atoms with E-state index in [9.17, 15) is 9.18 Å². The van der Waals surface area contributed by atoms with Crippen molar-refractivity contribution < 1.29 is 9.18 Å². The van der Waals surface area contributed by atoms with Crippen molar-refractivity contribution in [2.75, 3.05) is 0 Å². The van der Waals surface area contributed by atoms with Gasteiger partial charge in [-0.2, -0.15) is 5.26 Å². The van der Waals surface area contributed by atoms with Gasteiger partial charge in [0.15, 0.2) is 0 Å². The Morgan fingerprint density at radius 2 is 2.00 bits per heavy atom. The highest BCUT2D eigenvalue weighted by molar-refractivity contribution is 5.92. The van der Waals surface area contributed by atoms with Crippen LogP contribution in [0, 0.1) is 17.1 Å². The van der Waals surface area contributed by atoms with E-state index in [1.54, 1.807) is 12.1 Å². The predicted molar refractivity (Wildman–Crippen MR) is 66.5 cm³/mol. The number of nitrogens with one attached hydrogen (secondary N) is 1. The molecule has 0 bridgehead atoms. The van der Waals surface area contributed by atoms with Crippen molar-refractivity contribution in [3.63, 3.8) is 0 Å². The lowest BCUT2D eigenvalue weighted by Crippen LogP contribution is -2.23. The zero-order valence-corrected chi connectivity index (χ0v) is 9.93. The van der Waals surface area contributed by atoms with E-state index >= 15 is 0 Å². The molecule has 2 rings (SSSR count). The van der Waals surface area contributed by atoms with Gasteiger partial charge >= 0.3 is 0 Å². The van der Waals surface area contributed by atoms with E-state index in [0.29, 0.717) is 12.1 Å². The quantitative estimate of drug-likeness (QED) is 0.912. The first-order chi connectivity index (χ1) is 9.19. The maximum Gasteiger partial charge on any atom is 0.270 e. The van der Waals surface area contributed by atoms with Crippen molar-refractivity contribution in [2.24, 2.45) is 0 Å². The van der Waals surface area contributed by atoms with Crippen LogP contribution in [-0.4, -0.2) is 10.9 Å². The van der Waals surface area contributed by atoms with E-state index in [4.69, 9.17) is 5.26 Å². The zero-order chi connectivity index (χ0) is 13.7. The smallest absolute Gasteiger partial charge is 0.270 e. The Kier molecular flexibility index (Phi) is 3.84.